The van der Waals surface area contributed by atoms with Crippen molar-refractivity contribution in [2.24, 2.45) is 0 Å². The van der Waals surface area contributed by atoms with Crippen molar-refractivity contribution in [3.8, 4) is 0 Å². The summed E-state index contributed by atoms with van der Waals surface area (Å²) < 4.78 is 13.7. The van der Waals surface area contributed by atoms with E-state index in [0.717, 1.165) is 0 Å². The first kappa shape index (κ1) is 14.0. The smallest absolute Gasteiger partial charge is 0.254 e. The lowest BCUT2D eigenvalue weighted by atomic mass is 10.1. The van der Waals surface area contributed by atoms with Gasteiger partial charge in [-0.05, 0) is 24.6 Å². The summed E-state index contributed by atoms with van der Waals surface area (Å²) in [5.74, 6) is -1.32. The first-order valence-corrected chi connectivity index (χ1v) is 5.50. The highest BCUT2D eigenvalue weighted by atomic mass is 19.1. The molecule has 0 atom stereocenters. The van der Waals surface area contributed by atoms with Crippen LogP contribution in [0, 0.1) is 12.7 Å². The van der Waals surface area contributed by atoms with Gasteiger partial charge in [-0.1, -0.05) is 0 Å². The maximum Gasteiger partial charge on any atom is 0.254 e. The van der Waals surface area contributed by atoms with Gasteiger partial charge in [0.25, 0.3) is 5.91 Å². The van der Waals surface area contributed by atoms with Gasteiger partial charge in [-0.3, -0.25) is 9.59 Å². The third-order valence-corrected chi connectivity index (χ3v) is 2.31. The topological polar surface area (TPSA) is 84.2 Å². The zero-order valence-corrected chi connectivity index (χ0v) is 10.3. The van der Waals surface area contributed by atoms with Gasteiger partial charge in [0.15, 0.2) is 0 Å². The minimum atomic E-state index is -0.582. The van der Waals surface area contributed by atoms with E-state index in [1.54, 1.807) is 6.92 Å². The van der Waals surface area contributed by atoms with Crippen molar-refractivity contribution in [2.45, 2.75) is 13.8 Å². The summed E-state index contributed by atoms with van der Waals surface area (Å²) in [6.07, 6.45) is 0. The van der Waals surface area contributed by atoms with Crippen LogP contribution in [0.25, 0.3) is 0 Å². The van der Waals surface area contributed by atoms with Crippen LogP contribution < -0.4 is 16.4 Å². The van der Waals surface area contributed by atoms with Gasteiger partial charge in [-0.2, -0.15) is 0 Å². The number of amides is 2. The van der Waals surface area contributed by atoms with Crippen LogP contribution in [0.4, 0.5) is 10.1 Å². The monoisotopic (exact) mass is 253 g/mol. The summed E-state index contributed by atoms with van der Waals surface area (Å²) in [4.78, 5) is 22.3. The number of hydrogen-bond donors (Lipinski definition) is 3. The van der Waals surface area contributed by atoms with Crippen molar-refractivity contribution in [1.29, 1.82) is 0 Å². The second kappa shape index (κ2) is 6.00. The van der Waals surface area contributed by atoms with Crippen LogP contribution in [0.3, 0.4) is 0 Å². The fourth-order valence-electron chi connectivity index (χ4n) is 1.47. The molecule has 18 heavy (non-hydrogen) atoms. The zero-order valence-electron chi connectivity index (χ0n) is 10.3. The van der Waals surface area contributed by atoms with Crippen molar-refractivity contribution in [2.75, 3.05) is 18.8 Å². The van der Waals surface area contributed by atoms with Crippen LogP contribution in [-0.2, 0) is 4.79 Å². The number of rotatable bonds is 4. The maximum absolute atomic E-state index is 13.7. The van der Waals surface area contributed by atoms with Crippen LogP contribution >= 0.6 is 0 Å². The molecule has 0 unspecified atom stereocenters. The second-order valence-electron chi connectivity index (χ2n) is 3.94. The normalized spacial score (nSPS) is 9.94. The standard InChI is InChI=1S/C12H16FN3O2/c1-7-5-9(14)6-10(11(7)13)12(18)16-4-3-15-8(2)17/h5-6H,3-4,14H2,1-2H3,(H,15,17)(H,16,18). The molecule has 0 fully saturated rings. The van der Waals surface area contributed by atoms with Crippen molar-refractivity contribution in [3.63, 3.8) is 0 Å². The average Bonchev–Trinajstić information content (AvgIpc) is 2.28. The highest BCUT2D eigenvalue weighted by Gasteiger charge is 2.14. The summed E-state index contributed by atoms with van der Waals surface area (Å²) in [5, 5.41) is 5.02. The second-order valence-corrected chi connectivity index (χ2v) is 3.94. The molecule has 2 amide bonds. The molecule has 0 heterocycles. The molecule has 0 aromatic heterocycles. The van der Waals surface area contributed by atoms with Crippen molar-refractivity contribution >= 4 is 17.5 Å². The lowest BCUT2D eigenvalue weighted by Gasteiger charge is -2.09. The van der Waals surface area contributed by atoms with E-state index in [1.165, 1.54) is 19.1 Å². The van der Waals surface area contributed by atoms with E-state index in [-0.39, 0.29) is 18.0 Å². The van der Waals surface area contributed by atoms with Gasteiger partial charge in [0.2, 0.25) is 5.91 Å². The highest BCUT2D eigenvalue weighted by Crippen LogP contribution is 2.16. The number of hydrogen-bond acceptors (Lipinski definition) is 3. The van der Waals surface area contributed by atoms with Gasteiger partial charge in [0.05, 0.1) is 5.56 Å². The van der Waals surface area contributed by atoms with Gasteiger partial charge in [0, 0.05) is 25.7 Å². The number of halogens is 1. The zero-order chi connectivity index (χ0) is 13.7. The molecule has 0 saturated heterocycles. The fourth-order valence-corrected chi connectivity index (χ4v) is 1.47. The van der Waals surface area contributed by atoms with E-state index < -0.39 is 11.7 Å². The van der Waals surface area contributed by atoms with Crippen LogP contribution in [0.5, 0.6) is 0 Å². The number of nitrogens with two attached hydrogens (primary N) is 1. The van der Waals surface area contributed by atoms with Gasteiger partial charge < -0.3 is 16.4 Å². The number of nitrogen functional groups attached to an aromatic ring is 1. The van der Waals surface area contributed by atoms with Crippen molar-refractivity contribution < 1.29 is 14.0 Å². The molecule has 0 aliphatic carbocycles. The number of aryl methyl sites for hydroxylation is 1. The highest BCUT2D eigenvalue weighted by molar-refractivity contribution is 5.95. The SMILES string of the molecule is CC(=O)NCCNC(=O)c1cc(N)cc(C)c1F. The predicted molar refractivity (Wildman–Crippen MR) is 66.6 cm³/mol. The summed E-state index contributed by atoms with van der Waals surface area (Å²) >= 11 is 0. The van der Waals surface area contributed by atoms with Gasteiger partial charge in [0.1, 0.15) is 5.82 Å². The van der Waals surface area contributed by atoms with Crippen LogP contribution in [0.15, 0.2) is 12.1 Å². The number of carbonyl (C=O) groups is 2. The van der Waals surface area contributed by atoms with E-state index in [1.807, 2.05) is 0 Å². The van der Waals surface area contributed by atoms with Crippen LogP contribution in [-0.4, -0.2) is 24.9 Å². The predicted octanol–water partition coefficient (Wildman–Crippen LogP) is 0.582. The minimum Gasteiger partial charge on any atom is -0.399 e. The maximum atomic E-state index is 13.7. The molecular formula is C12H16FN3O2. The number of nitrogens with one attached hydrogen (secondary N) is 2. The Morgan fingerprint density at radius 2 is 1.89 bits per heavy atom. The first-order valence-electron chi connectivity index (χ1n) is 5.50. The van der Waals surface area contributed by atoms with Gasteiger partial charge >= 0.3 is 0 Å². The van der Waals surface area contributed by atoms with E-state index in [2.05, 4.69) is 10.6 Å². The summed E-state index contributed by atoms with van der Waals surface area (Å²) in [6, 6.07) is 2.75. The summed E-state index contributed by atoms with van der Waals surface area (Å²) in [7, 11) is 0. The molecule has 98 valence electrons. The molecule has 0 spiro atoms. The molecule has 4 N–H and O–H groups in total. The Hall–Kier alpha value is -2.11. The Morgan fingerprint density at radius 3 is 2.50 bits per heavy atom. The van der Waals surface area contributed by atoms with Crippen molar-refractivity contribution in [3.05, 3.63) is 29.1 Å². The molecule has 1 aromatic carbocycles. The van der Waals surface area contributed by atoms with Gasteiger partial charge in [-0.25, -0.2) is 4.39 Å². The first-order chi connectivity index (χ1) is 8.41. The van der Waals surface area contributed by atoms with Crippen LogP contribution in [0.2, 0.25) is 0 Å². The Bertz CT molecular complexity index is 475. The Labute approximate surface area is 105 Å². The molecule has 0 radical (unpaired) electrons. The number of anilines is 1. The van der Waals surface area contributed by atoms with Crippen molar-refractivity contribution in [1.82, 2.24) is 10.6 Å². The number of benzene rings is 1. The van der Waals surface area contributed by atoms with E-state index in [4.69, 9.17) is 5.73 Å². The van der Waals surface area contributed by atoms with Gasteiger partial charge in [-0.15, -0.1) is 0 Å². The molecule has 5 nitrogen and oxygen atoms in total. The molecule has 0 bridgehead atoms. The molecule has 6 heteroatoms. The molecule has 0 saturated carbocycles. The molecule has 0 aliphatic heterocycles. The lowest BCUT2D eigenvalue weighted by Crippen LogP contribution is -2.34. The molecular weight excluding hydrogens is 237 g/mol. The molecule has 0 aliphatic rings. The van der Waals surface area contributed by atoms with E-state index in [9.17, 15) is 14.0 Å². The lowest BCUT2D eigenvalue weighted by molar-refractivity contribution is -0.118. The molecule has 1 rings (SSSR count). The number of carbonyl (C=O) groups excluding carboxylic acids is 2. The minimum absolute atomic E-state index is 0.0877. The average molecular weight is 253 g/mol. The quantitative estimate of drug-likeness (QED) is 0.542. The fraction of sp³-hybridized carbons (Fsp3) is 0.333. The largest absolute Gasteiger partial charge is 0.399 e. The Morgan fingerprint density at radius 1 is 1.28 bits per heavy atom. The van der Waals surface area contributed by atoms with E-state index in [0.29, 0.717) is 17.8 Å². The Balaban J connectivity index is 2.64. The third-order valence-electron chi connectivity index (χ3n) is 2.31. The summed E-state index contributed by atoms with van der Waals surface area (Å²) in [5.41, 5.74) is 6.12. The Kier molecular flexibility index (Phi) is 4.65. The summed E-state index contributed by atoms with van der Waals surface area (Å²) in [6.45, 7) is 3.44. The van der Waals surface area contributed by atoms with E-state index >= 15 is 0 Å². The molecule has 1 aromatic rings. The third kappa shape index (κ3) is 3.73. The van der Waals surface area contributed by atoms with Crippen LogP contribution in [0.1, 0.15) is 22.8 Å².